The Kier molecular flexibility index (Phi) is 9.62. The molecule has 250 valence electrons. The standard InChI is InChI=1S/C37H46FN5O4/c1-23(2)31-11-12-32(41-40-31)25-7-9-28(10-8-25)47-33-20-29(30(38)19-26(33)22-43-21-24(3)18-35(43)44)36(45)39-27-13-16-42(17-14-27)34-6-5-15-37(34,4)46/h7-12,19-20,23-24,27,34,46H,5-6,13-18,21-22H2,1-4H3,(H,39,45)/t24-,34?,37?/m0/s1. The van der Waals surface area contributed by atoms with Crippen molar-refractivity contribution in [1.29, 1.82) is 0 Å². The number of ether oxygens (including phenoxy) is 1. The summed E-state index contributed by atoms with van der Waals surface area (Å²) in [6.45, 7) is 10.4. The number of amides is 2. The van der Waals surface area contributed by atoms with Gasteiger partial charge in [0.05, 0.1) is 22.6 Å². The first-order chi connectivity index (χ1) is 22.5. The minimum absolute atomic E-state index is 0.0186. The number of hydrogen-bond donors (Lipinski definition) is 2. The van der Waals surface area contributed by atoms with E-state index in [4.69, 9.17) is 4.74 Å². The van der Waals surface area contributed by atoms with Crippen LogP contribution < -0.4 is 10.1 Å². The van der Waals surface area contributed by atoms with Crippen molar-refractivity contribution in [3.63, 3.8) is 0 Å². The molecule has 10 heteroatoms. The Morgan fingerprint density at radius 3 is 2.45 bits per heavy atom. The van der Waals surface area contributed by atoms with Crippen LogP contribution in [0.25, 0.3) is 11.3 Å². The molecule has 47 heavy (non-hydrogen) atoms. The van der Waals surface area contributed by atoms with E-state index >= 15 is 4.39 Å². The van der Waals surface area contributed by atoms with Crippen LogP contribution in [0, 0.1) is 11.7 Å². The van der Waals surface area contributed by atoms with Crippen LogP contribution in [0.4, 0.5) is 4.39 Å². The third-order valence-electron chi connectivity index (χ3n) is 10.0. The number of nitrogens with zero attached hydrogens (tertiary/aromatic N) is 4. The van der Waals surface area contributed by atoms with Gasteiger partial charge in [0.1, 0.15) is 17.3 Å². The Morgan fingerprint density at radius 2 is 1.85 bits per heavy atom. The molecule has 1 saturated carbocycles. The molecular formula is C37H46FN5O4. The van der Waals surface area contributed by atoms with Crippen molar-refractivity contribution in [3.8, 4) is 22.8 Å². The van der Waals surface area contributed by atoms with Gasteiger partial charge in [0.15, 0.2) is 0 Å². The number of rotatable bonds is 9. The normalized spacial score (nSPS) is 23.9. The van der Waals surface area contributed by atoms with E-state index in [9.17, 15) is 14.7 Å². The Morgan fingerprint density at radius 1 is 1.11 bits per heavy atom. The van der Waals surface area contributed by atoms with Gasteiger partial charge in [-0.2, -0.15) is 10.2 Å². The Labute approximate surface area is 276 Å². The lowest BCUT2D eigenvalue weighted by Crippen LogP contribution is -2.53. The lowest BCUT2D eigenvalue weighted by Gasteiger charge is -2.41. The smallest absolute Gasteiger partial charge is 0.254 e. The van der Waals surface area contributed by atoms with Gasteiger partial charge in [-0.1, -0.05) is 20.8 Å². The molecule has 3 aliphatic rings. The van der Waals surface area contributed by atoms with Gasteiger partial charge in [-0.25, -0.2) is 4.39 Å². The molecule has 2 aromatic carbocycles. The maximum absolute atomic E-state index is 15.6. The number of nitrogens with one attached hydrogen (secondary N) is 1. The Bertz CT molecular complexity index is 1590. The van der Waals surface area contributed by atoms with Crippen molar-refractivity contribution >= 4 is 11.8 Å². The highest BCUT2D eigenvalue weighted by Crippen LogP contribution is 2.35. The van der Waals surface area contributed by atoms with Crippen LogP contribution in [0.3, 0.4) is 0 Å². The van der Waals surface area contributed by atoms with E-state index < -0.39 is 17.3 Å². The molecule has 3 fully saturated rings. The second-order valence-corrected chi connectivity index (χ2v) is 14.2. The van der Waals surface area contributed by atoms with Crippen LogP contribution in [0.5, 0.6) is 11.5 Å². The summed E-state index contributed by atoms with van der Waals surface area (Å²) in [6.07, 6.45) is 4.72. The molecule has 0 radical (unpaired) electrons. The van der Waals surface area contributed by atoms with Crippen LogP contribution >= 0.6 is 0 Å². The molecule has 3 aromatic rings. The number of piperidine rings is 1. The summed E-state index contributed by atoms with van der Waals surface area (Å²) in [4.78, 5) is 30.1. The van der Waals surface area contributed by atoms with Gasteiger partial charge >= 0.3 is 0 Å². The highest BCUT2D eigenvalue weighted by Gasteiger charge is 2.41. The van der Waals surface area contributed by atoms with Crippen molar-refractivity contribution in [2.45, 2.75) is 96.4 Å². The molecular weight excluding hydrogens is 597 g/mol. The molecule has 9 nitrogen and oxygen atoms in total. The monoisotopic (exact) mass is 643 g/mol. The fourth-order valence-electron chi connectivity index (χ4n) is 7.27. The minimum Gasteiger partial charge on any atom is -0.457 e. The molecule has 2 N–H and O–H groups in total. The zero-order valence-electron chi connectivity index (χ0n) is 27.8. The molecule has 1 aliphatic carbocycles. The lowest BCUT2D eigenvalue weighted by atomic mass is 9.95. The molecule has 6 rings (SSSR count). The van der Waals surface area contributed by atoms with E-state index in [1.165, 1.54) is 12.1 Å². The molecule has 0 spiro atoms. The summed E-state index contributed by atoms with van der Waals surface area (Å²) in [5.74, 6) is 0.226. The third-order valence-corrected chi connectivity index (χ3v) is 10.0. The number of likely N-dealkylation sites (tertiary alicyclic amines) is 2. The number of aliphatic hydroxyl groups is 1. The van der Waals surface area contributed by atoms with Crippen LogP contribution in [0.2, 0.25) is 0 Å². The molecule has 2 unspecified atom stereocenters. The third kappa shape index (κ3) is 7.49. The van der Waals surface area contributed by atoms with E-state index in [-0.39, 0.29) is 41.9 Å². The van der Waals surface area contributed by atoms with Crippen molar-refractivity contribution in [2.75, 3.05) is 19.6 Å². The van der Waals surface area contributed by atoms with E-state index in [2.05, 4.69) is 34.3 Å². The quantitative estimate of drug-likeness (QED) is 0.292. The summed E-state index contributed by atoms with van der Waals surface area (Å²) >= 11 is 0. The molecule has 0 bridgehead atoms. The maximum Gasteiger partial charge on any atom is 0.254 e. The maximum atomic E-state index is 15.6. The average Bonchev–Trinajstić information content (AvgIpc) is 3.57. The first-order valence-electron chi connectivity index (χ1n) is 17.0. The summed E-state index contributed by atoms with van der Waals surface area (Å²) in [5.41, 5.74) is 2.26. The van der Waals surface area contributed by atoms with Gasteiger partial charge in [-0.05, 0) is 99.4 Å². The average molecular weight is 644 g/mol. The predicted molar refractivity (Wildman–Crippen MR) is 178 cm³/mol. The molecule has 2 aliphatic heterocycles. The predicted octanol–water partition coefficient (Wildman–Crippen LogP) is 6.06. The minimum atomic E-state index is -0.678. The zero-order valence-corrected chi connectivity index (χ0v) is 27.8. The van der Waals surface area contributed by atoms with Crippen molar-refractivity contribution in [1.82, 2.24) is 25.3 Å². The van der Waals surface area contributed by atoms with Gasteiger partial charge < -0.3 is 20.1 Å². The number of carbonyl (C=O) groups excluding carboxylic acids is 2. The van der Waals surface area contributed by atoms with E-state index in [1.807, 2.05) is 38.1 Å². The van der Waals surface area contributed by atoms with E-state index in [0.29, 0.717) is 30.0 Å². The van der Waals surface area contributed by atoms with Crippen molar-refractivity contribution < 1.29 is 23.8 Å². The SMILES string of the molecule is CC(C)c1ccc(-c2ccc(Oc3cc(C(=O)NC4CCN(C5CCCC5(C)O)CC4)c(F)cc3CN3C[C@@H](C)CC3=O)cc2)nn1. The summed E-state index contributed by atoms with van der Waals surface area (Å²) in [7, 11) is 0. The topological polar surface area (TPSA) is 108 Å². The van der Waals surface area contributed by atoms with Gasteiger partial charge in [0.2, 0.25) is 5.91 Å². The first-order valence-corrected chi connectivity index (χ1v) is 17.0. The summed E-state index contributed by atoms with van der Waals surface area (Å²) in [6, 6.07) is 14.1. The van der Waals surface area contributed by atoms with Gasteiger partial charge in [0, 0.05) is 55.8 Å². The summed E-state index contributed by atoms with van der Waals surface area (Å²) in [5, 5.41) is 22.5. The Hall–Kier alpha value is -3.89. The number of benzene rings is 2. The van der Waals surface area contributed by atoms with E-state index in [1.54, 1.807) is 17.0 Å². The molecule has 2 amide bonds. The molecule has 3 atom stereocenters. The van der Waals surface area contributed by atoms with Crippen LogP contribution in [-0.4, -0.2) is 74.2 Å². The number of aromatic nitrogens is 2. The van der Waals surface area contributed by atoms with Crippen LogP contribution in [0.1, 0.15) is 93.8 Å². The largest absolute Gasteiger partial charge is 0.457 e. The fraction of sp³-hybridized carbons (Fsp3) is 0.514. The van der Waals surface area contributed by atoms with Gasteiger partial charge in [-0.3, -0.25) is 14.5 Å². The first kappa shape index (κ1) is 33.0. The molecule has 1 aromatic heterocycles. The molecule has 3 heterocycles. The van der Waals surface area contributed by atoms with Gasteiger partial charge in [0.25, 0.3) is 5.91 Å². The van der Waals surface area contributed by atoms with Crippen molar-refractivity contribution in [2.24, 2.45) is 5.92 Å². The zero-order chi connectivity index (χ0) is 33.3. The number of carbonyl (C=O) groups is 2. The van der Waals surface area contributed by atoms with Gasteiger partial charge in [-0.15, -0.1) is 0 Å². The van der Waals surface area contributed by atoms with E-state index in [0.717, 1.165) is 62.1 Å². The van der Waals surface area contributed by atoms with Crippen molar-refractivity contribution in [3.05, 3.63) is 71.2 Å². The fourth-order valence-corrected chi connectivity index (χ4v) is 7.27. The second kappa shape index (κ2) is 13.7. The van der Waals surface area contributed by atoms with Crippen LogP contribution in [0.15, 0.2) is 48.5 Å². The molecule has 2 saturated heterocycles. The lowest BCUT2D eigenvalue weighted by molar-refractivity contribution is -0.128. The highest BCUT2D eigenvalue weighted by molar-refractivity contribution is 5.95. The van der Waals surface area contributed by atoms with Crippen LogP contribution in [-0.2, 0) is 11.3 Å². The highest BCUT2D eigenvalue weighted by atomic mass is 19.1. The second-order valence-electron chi connectivity index (χ2n) is 14.2. The summed E-state index contributed by atoms with van der Waals surface area (Å²) < 4.78 is 21.9. The number of halogens is 1. The number of hydrogen-bond acceptors (Lipinski definition) is 7. The Balaban J connectivity index is 1.19.